The smallest absolute Gasteiger partial charge is 0.262 e. The van der Waals surface area contributed by atoms with Gasteiger partial charge in [0.1, 0.15) is 11.3 Å². The number of rotatable bonds is 3. The molecule has 0 bridgehead atoms. The van der Waals surface area contributed by atoms with Crippen LogP contribution in [-0.2, 0) is 6.54 Å². The summed E-state index contributed by atoms with van der Waals surface area (Å²) in [5.41, 5.74) is 2.96. The summed E-state index contributed by atoms with van der Waals surface area (Å²) in [7, 11) is 0. The molecule has 0 N–H and O–H groups in total. The second-order valence-corrected chi connectivity index (χ2v) is 6.48. The van der Waals surface area contributed by atoms with Crippen LogP contribution < -0.4 is 5.56 Å². The van der Waals surface area contributed by atoms with Gasteiger partial charge < -0.3 is 8.98 Å². The van der Waals surface area contributed by atoms with E-state index in [0.717, 1.165) is 23.2 Å². The maximum Gasteiger partial charge on any atom is 0.262 e. The molecule has 0 atom stereocenters. The van der Waals surface area contributed by atoms with Gasteiger partial charge in [0.15, 0.2) is 0 Å². The van der Waals surface area contributed by atoms with Crippen molar-refractivity contribution in [3.8, 4) is 11.1 Å². The normalized spacial score (nSPS) is 11.3. The van der Waals surface area contributed by atoms with Crippen LogP contribution in [0.25, 0.3) is 22.1 Å². The number of hydrogen-bond donors (Lipinski definition) is 0. The predicted molar refractivity (Wildman–Crippen MR) is 95.7 cm³/mol. The molecule has 0 radical (unpaired) electrons. The van der Waals surface area contributed by atoms with Crippen molar-refractivity contribution in [1.82, 2.24) is 4.57 Å². The number of halogens is 2. The van der Waals surface area contributed by atoms with Gasteiger partial charge in [0.05, 0.1) is 10.4 Å². The fraction of sp³-hybridized carbons (Fsp3) is 0.278. The van der Waals surface area contributed by atoms with E-state index >= 15 is 0 Å². The molecule has 3 aromatic rings. The van der Waals surface area contributed by atoms with E-state index in [2.05, 4.69) is 0 Å². The fourth-order valence-electron chi connectivity index (χ4n) is 2.96. The molecule has 0 fully saturated rings. The van der Waals surface area contributed by atoms with E-state index in [1.54, 1.807) is 16.7 Å². The molecule has 2 heterocycles. The van der Waals surface area contributed by atoms with Gasteiger partial charge in [-0.15, -0.1) is 0 Å². The summed E-state index contributed by atoms with van der Waals surface area (Å²) in [6, 6.07) is 7.17. The van der Waals surface area contributed by atoms with Crippen LogP contribution >= 0.6 is 23.2 Å². The second-order valence-electron chi connectivity index (χ2n) is 5.64. The Hall–Kier alpha value is -1.71. The summed E-state index contributed by atoms with van der Waals surface area (Å²) < 4.78 is 7.61. The second kappa shape index (κ2) is 6.06. The number of fused-ring (bicyclic) bond motifs is 1. The SMILES string of the molecule is CCCn1c(C)cc2oc(C)c(-c3ccc(Cl)cc3Cl)c2c1=O. The molecule has 2 aromatic heterocycles. The van der Waals surface area contributed by atoms with Gasteiger partial charge in [0, 0.05) is 34.5 Å². The topological polar surface area (TPSA) is 35.1 Å². The Balaban J connectivity index is 2.39. The lowest BCUT2D eigenvalue weighted by Crippen LogP contribution is -2.22. The highest BCUT2D eigenvalue weighted by atomic mass is 35.5. The first-order valence-corrected chi connectivity index (χ1v) is 8.28. The molecule has 0 aliphatic rings. The maximum absolute atomic E-state index is 13.0. The Bertz CT molecular complexity index is 954. The lowest BCUT2D eigenvalue weighted by molar-refractivity contribution is 0.575. The minimum atomic E-state index is -0.0419. The van der Waals surface area contributed by atoms with Gasteiger partial charge in [-0.1, -0.05) is 36.2 Å². The molecule has 0 unspecified atom stereocenters. The Labute approximate surface area is 144 Å². The Kier molecular flexibility index (Phi) is 4.26. The van der Waals surface area contributed by atoms with Crippen LogP contribution in [0.15, 0.2) is 33.5 Å². The van der Waals surface area contributed by atoms with Crippen molar-refractivity contribution in [3.05, 3.63) is 56.1 Å². The molecule has 0 amide bonds. The van der Waals surface area contributed by atoms with Gasteiger partial charge in [0.25, 0.3) is 5.56 Å². The number of benzene rings is 1. The van der Waals surface area contributed by atoms with Crippen LogP contribution in [0.1, 0.15) is 24.8 Å². The fourth-order valence-corrected chi connectivity index (χ4v) is 3.46. The van der Waals surface area contributed by atoms with Gasteiger partial charge in [-0.2, -0.15) is 0 Å². The van der Waals surface area contributed by atoms with E-state index in [1.165, 1.54) is 0 Å². The summed E-state index contributed by atoms with van der Waals surface area (Å²) in [5.74, 6) is 0.676. The first-order chi connectivity index (χ1) is 10.9. The number of nitrogens with zero attached hydrogens (tertiary/aromatic N) is 1. The van der Waals surface area contributed by atoms with Crippen molar-refractivity contribution in [3.63, 3.8) is 0 Å². The van der Waals surface area contributed by atoms with Gasteiger partial charge in [-0.05, 0) is 32.4 Å². The molecule has 0 saturated carbocycles. The molecule has 0 aliphatic carbocycles. The highest BCUT2D eigenvalue weighted by Crippen LogP contribution is 2.37. The van der Waals surface area contributed by atoms with Crippen LogP contribution in [0.5, 0.6) is 0 Å². The average Bonchev–Trinajstić information content (AvgIpc) is 2.80. The lowest BCUT2D eigenvalue weighted by atomic mass is 10.0. The summed E-state index contributed by atoms with van der Waals surface area (Å²) in [6.07, 6.45) is 0.889. The van der Waals surface area contributed by atoms with Crippen molar-refractivity contribution < 1.29 is 4.42 Å². The minimum absolute atomic E-state index is 0.0419. The van der Waals surface area contributed by atoms with Gasteiger partial charge in [-0.3, -0.25) is 4.79 Å². The number of hydrogen-bond acceptors (Lipinski definition) is 2. The molecule has 23 heavy (non-hydrogen) atoms. The molecule has 0 spiro atoms. The highest BCUT2D eigenvalue weighted by Gasteiger charge is 2.20. The molecule has 1 aromatic carbocycles. The van der Waals surface area contributed by atoms with Crippen LogP contribution in [0.3, 0.4) is 0 Å². The Morgan fingerprint density at radius 2 is 1.91 bits per heavy atom. The van der Waals surface area contributed by atoms with Crippen molar-refractivity contribution in [2.75, 3.05) is 0 Å². The molecule has 3 rings (SSSR count). The maximum atomic E-state index is 13.0. The third-order valence-corrected chi connectivity index (χ3v) is 4.53. The van der Waals surface area contributed by atoms with Gasteiger partial charge in [-0.25, -0.2) is 0 Å². The van der Waals surface area contributed by atoms with Gasteiger partial charge >= 0.3 is 0 Å². The van der Waals surface area contributed by atoms with Gasteiger partial charge in [0.2, 0.25) is 0 Å². The third-order valence-electron chi connectivity index (χ3n) is 3.98. The number of aromatic nitrogens is 1. The van der Waals surface area contributed by atoms with E-state index in [0.29, 0.717) is 33.3 Å². The lowest BCUT2D eigenvalue weighted by Gasteiger charge is -2.09. The molecule has 120 valence electrons. The average molecular weight is 350 g/mol. The summed E-state index contributed by atoms with van der Waals surface area (Å²) in [5, 5.41) is 1.64. The van der Waals surface area contributed by atoms with Crippen LogP contribution in [0.4, 0.5) is 0 Å². The number of furan rings is 1. The van der Waals surface area contributed by atoms with E-state index in [1.807, 2.05) is 32.9 Å². The van der Waals surface area contributed by atoms with E-state index in [4.69, 9.17) is 27.6 Å². The van der Waals surface area contributed by atoms with Crippen molar-refractivity contribution in [1.29, 1.82) is 0 Å². The summed E-state index contributed by atoms with van der Waals surface area (Å²) in [4.78, 5) is 13.0. The zero-order valence-electron chi connectivity index (χ0n) is 13.2. The zero-order chi connectivity index (χ0) is 16.7. The molecule has 0 saturated heterocycles. The number of pyridine rings is 1. The van der Waals surface area contributed by atoms with E-state index in [9.17, 15) is 4.79 Å². The zero-order valence-corrected chi connectivity index (χ0v) is 14.8. The monoisotopic (exact) mass is 349 g/mol. The molecule has 5 heteroatoms. The first kappa shape index (κ1) is 16.2. The predicted octanol–water partition coefficient (Wildman–Crippen LogP) is 5.60. The van der Waals surface area contributed by atoms with Crippen molar-refractivity contribution >= 4 is 34.2 Å². The molecule has 0 aliphatic heterocycles. The standard InChI is InChI=1S/C18H17Cl2NO2/c1-4-7-21-10(2)8-15-17(18(21)22)16(11(3)23-15)13-6-5-12(19)9-14(13)20/h5-6,8-9H,4,7H2,1-3H3. The van der Waals surface area contributed by atoms with E-state index < -0.39 is 0 Å². The molecular formula is C18H17Cl2NO2. The molecular weight excluding hydrogens is 333 g/mol. The van der Waals surface area contributed by atoms with Crippen LogP contribution in [-0.4, -0.2) is 4.57 Å². The minimum Gasteiger partial charge on any atom is -0.460 e. The summed E-state index contributed by atoms with van der Waals surface area (Å²) in [6.45, 7) is 6.49. The van der Waals surface area contributed by atoms with E-state index in [-0.39, 0.29) is 5.56 Å². The third kappa shape index (κ3) is 2.68. The van der Waals surface area contributed by atoms with Crippen LogP contribution in [0, 0.1) is 13.8 Å². The first-order valence-electron chi connectivity index (χ1n) is 7.53. The Morgan fingerprint density at radius 3 is 2.57 bits per heavy atom. The molecule has 3 nitrogen and oxygen atoms in total. The largest absolute Gasteiger partial charge is 0.460 e. The van der Waals surface area contributed by atoms with Crippen LogP contribution in [0.2, 0.25) is 10.0 Å². The quantitative estimate of drug-likeness (QED) is 0.617. The highest BCUT2D eigenvalue weighted by molar-refractivity contribution is 6.36. The van der Waals surface area contributed by atoms with Crippen molar-refractivity contribution in [2.24, 2.45) is 0 Å². The van der Waals surface area contributed by atoms with Crippen molar-refractivity contribution in [2.45, 2.75) is 33.7 Å². The summed E-state index contributed by atoms with van der Waals surface area (Å²) >= 11 is 12.3. The Morgan fingerprint density at radius 1 is 1.17 bits per heavy atom. The number of aryl methyl sites for hydroxylation is 2.